The number of imide groups is 1. The zero-order valence-corrected chi connectivity index (χ0v) is 18.6. The lowest BCUT2D eigenvalue weighted by Crippen LogP contribution is -2.39. The summed E-state index contributed by atoms with van der Waals surface area (Å²) in [5.41, 5.74) is 2.06. The molecule has 0 saturated heterocycles. The van der Waals surface area contributed by atoms with Crippen molar-refractivity contribution in [3.05, 3.63) is 90.2 Å². The first-order chi connectivity index (χ1) is 16.2. The molecule has 4 aromatic rings. The molecule has 0 unspecified atom stereocenters. The Morgan fingerprint density at radius 1 is 0.909 bits per heavy atom. The average Bonchev–Trinajstić information content (AvgIpc) is 3.50. The van der Waals surface area contributed by atoms with Crippen LogP contribution < -0.4 is 10.6 Å². The Bertz CT molecular complexity index is 1180. The van der Waals surface area contributed by atoms with E-state index in [0.717, 1.165) is 11.1 Å². The SMILES string of the molecule is O=C(CCSc1nnc(-c2ccco2)n1Cc1ccccc1)NC(=O)NCc1ccccc1. The highest BCUT2D eigenvalue weighted by molar-refractivity contribution is 7.99. The van der Waals surface area contributed by atoms with E-state index in [4.69, 9.17) is 4.42 Å². The Morgan fingerprint density at radius 2 is 1.64 bits per heavy atom. The molecular formula is C24H23N5O3S. The number of carbonyl (C=O) groups excluding carboxylic acids is 2. The van der Waals surface area contributed by atoms with Gasteiger partial charge in [-0.15, -0.1) is 10.2 Å². The summed E-state index contributed by atoms with van der Waals surface area (Å²) in [6.07, 6.45) is 1.76. The molecule has 0 radical (unpaired) electrons. The van der Waals surface area contributed by atoms with Crippen LogP contribution in [0.25, 0.3) is 11.6 Å². The van der Waals surface area contributed by atoms with Crippen LogP contribution in [0.5, 0.6) is 0 Å². The summed E-state index contributed by atoms with van der Waals surface area (Å²) >= 11 is 1.41. The minimum Gasteiger partial charge on any atom is -0.461 e. The summed E-state index contributed by atoms with van der Waals surface area (Å²) < 4.78 is 7.47. The highest BCUT2D eigenvalue weighted by Gasteiger charge is 2.17. The number of aromatic nitrogens is 3. The summed E-state index contributed by atoms with van der Waals surface area (Å²) in [4.78, 5) is 24.1. The maximum absolute atomic E-state index is 12.2. The van der Waals surface area contributed by atoms with Crippen molar-refractivity contribution in [3.63, 3.8) is 0 Å². The van der Waals surface area contributed by atoms with Gasteiger partial charge in [0.15, 0.2) is 10.9 Å². The maximum atomic E-state index is 12.2. The summed E-state index contributed by atoms with van der Waals surface area (Å²) in [7, 11) is 0. The number of urea groups is 1. The number of furan rings is 1. The molecule has 0 fully saturated rings. The molecule has 8 nitrogen and oxygen atoms in total. The van der Waals surface area contributed by atoms with Crippen LogP contribution in [0.1, 0.15) is 17.5 Å². The Balaban J connectivity index is 1.32. The van der Waals surface area contributed by atoms with Gasteiger partial charge in [-0.2, -0.15) is 0 Å². The monoisotopic (exact) mass is 461 g/mol. The van der Waals surface area contributed by atoms with Gasteiger partial charge < -0.3 is 9.73 Å². The van der Waals surface area contributed by atoms with Gasteiger partial charge in [0.1, 0.15) is 0 Å². The van der Waals surface area contributed by atoms with Crippen LogP contribution in [0.2, 0.25) is 0 Å². The minimum atomic E-state index is -0.513. The number of hydrogen-bond acceptors (Lipinski definition) is 6. The number of benzene rings is 2. The normalized spacial score (nSPS) is 10.7. The summed E-state index contributed by atoms with van der Waals surface area (Å²) in [6.45, 7) is 0.924. The molecule has 2 heterocycles. The molecule has 0 bridgehead atoms. The van der Waals surface area contributed by atoms with E-state index >= 15 is 0 Å². The Hall–Kier alpha value is -3.85. The molecule has 33 heavy (non-hydrogen) atoms. The molecule has 168 valence electrons. The van der Waals surface area contributed by atoms with Crippen molar-refractivity contribution in [1.82, 2.24) is 25.4 Å². The second-order valence-corrected chi connectivity index (χ2v) is 8.23. The second kappa shape index (κ2) is 11.1. The van der Waals surface area contributed by atoms with E-state index in [-0.39, 0.29) is 12.3 Å². The lowest BCUT2D eigenvalue weighted by Gasteiger charge is -2.09. The molecule has 0 aliphatic carbocycles. The van der Waals surface area contributed by atoms with Crippen molar-refractivity contribution >= 4 is 23.7 Å². The highest BCUT2D eigenvalue weighted by atomic mass is 32.2. The second-order valence-electron chi connectivity index (χ2n) is 7.17. The van der Waals surface area contributed by atoms with Gasteiger partial charge in [-0.1, -0.05) is 72.4 Å². The number of amides is 3. The van der Waals surface area contributed by atoms with Gasteiger partial charge >= 0.3 is 6.03 Å². The fraction of sp³-hybridized carbons (Fsp3) is 0.167. The number of nitrogens with one attached hydrogen (secondary N) is 2. The number of hydrogen-bond donors (Lipinski definition) is 2. The van der Waals surface area contributed by atoms with Crippen molar-refractivity contribution in [2.75, 3.05) is 5.75 Å². The number of thioether (sulfide) groups is 1. The standard InChI is InChI=1S/C24H23N5O3S/c30-21(26-23(31)25-16-18-8-3-1-4-9-18)13-15-33-24-28-27-22(20-12-7-14-32-20)29(24)17-19-10-5-2-6-11-19/h1-12,14H,13,15-17H2,(H2,25,26,30,31). The van der Waals surface area contributed by atoms with Crippen LogP contribution in [-0.4, -0.2) is 32.5 Å². The Morgan fingerprint density at radius 3 is 2.33 bits per heavy atom. The number of carbonyl (C=O) groups is 2. The van der Waals surface area contributed by atoms with Gasteiger partial charge in [0, 0.05) is 18.7 Å². The summed E-state index contributed by atoms with van der Waals surface area (Å²) in [6, 6.07) is 22.6. The lowest BCUT2D eigenvalue weighted by molar-refractivity contribution is -0.119. The van der Waals surface area contributed by atoms with Gasteiger partial charge in [0.25, 0.3) is 0 Å². The molecule has 4 rings (SSSR count). The van der Waals surface area contributed by atoms with Crippen LogP contribution in [-0.2, 0) is 17.9 Å². The summed E-state index contributed by atoms with van der Waals surface area (Å²) in [5.74, 6) is 1.34. The molecule has 9 heteroatoms. The van der Waals surface area contributed by atoms with Crippen molar-refractivity contribution in [1.29, 1.82) is 0 Å². The number of rotatable bonds is 9. The molecule has 0 aliphatic rings. The molecule has 2 aromatic heterocycles. The third-order valence-corrected chi connectivity index (χ3v) is 5.72. The van der Waals surface area contributed by atoms with Gasteiger partial charge in [0.2, 0.25) is 11.7 Å². The molecule has 0 spiro atoms. The molecule has 0 saturated carbocycles. The average molecular weight is 462 g/mol. The van der Waals surface area contributed by atoms with E-state index in [1.54, 1.807) is 12.3 Å². The van der Waals surface area contributed by atoms with Crippen molar-refractivity contribution in [2.45, 2.75) is 24.7 Å². The van der Waals surface area contributed by atoms with E-state index < -0.39 is 6.03 Å². The fourth-order valence-corrected chi connectivity index (χ4v) is 4.01. The summed E-state index contributed by atoms with van der Waals surface area (Å²) in [5, 5.41) is 14.3. The van der Waals surface area contributed by atoms with E-state index in [2.05, 4.69) is 20.8 Å². The van der Waals surface area contributed by atoms with Crippen molar-refractivity contribution < 1.29 is 14.0 Å². The van der Waals surface area contributed by atoms with Gasteiger partial charge in [-0.3, -0.25) is 14.7 Å². The smallest absolute Gasteiger partial charge is 0.321 e. The third-order valence-electron chi connectivity index (χ3n) is 4.75. The lowest BCUT2D eigenvalue weighted by atomic mass is 10.2. The highest BCUT2D eigenvalue weighted by Crippen LogP contribution is 2.25. The van der Waals surface area contributed by atoms with Crippen LogP contribution in [0.4, 0.5) is 4.79 Å². The fourth-order valence-electron chi connectivity index (χ4n) is 3.14. The van der Waals surface area contributed by atoms with Crippen LogP contribution in [0, 0.1) is 0 Å². The third kappa shape index (κ3) is 6.33. The van der Waals surface area contributed by atoms with Gasteiger partial charge in [-0.25, -0.2) is 4.79 Å². The largest absolute Gasteiger partial charge is 0.461 e. The molecular weight excluding hydrogens is 438 g/mol. The van der Waals surface area contributed by atoms with Crippen molar-refractivity contribution in [2.24, 2.45) is 0 Å². The quantitative estimate of drug-likeness (QED) is 0.364. The van der Waals surface area contributed by atoms with Crippen LogP contribution >= 0.6 is 11.8 Å². The van der Waals surface area contributed by atoms with E-state index in [9.17, 15) is 9.59 Å². The molecule has 0 atom stereocenters. The first-order valence-electron chi connectivity index (χ1n) is 10.4. The van der Waals surface area contributed by atoms with Gasteiger partial charge in [-0.05, 0) is 23.3 Å². The van der Waals surface area contributed by atoms with Crippen LogP contribution in [0.3, 0.4) is 0 Å². The Kier molecular flexibility index (Phi) is 7.55. The first kappa shape index (κ1) is 22.3. The maximum Gasteiger partial charge on any atom is 0.321 e. The van der Waals surface area contributed by atoms with E-state index in [1.165, 1.54) is 11.8 Å². The molecule has 2 N–H and O–H groups in total. The molecule has 0 aliphatic heterocycles. The molecule has 2 aromatic carbocycles. The topological polar surface area (TPSA) is 102 Å². The first-order valence-corrected chi connectivity index (χ1v) is 11.4. The van der Waals surface area contributed by atoms with E-state index in [0.29, 0.717) is 35.6 Å². The molecule has 3 amide bonds. The van der Waals surface area contributed by atoms with Crippen molar-refractivity contribution in [3.8, 4) is 11.6 Å². The number of nitrogens with zero attached hydrogens (tertiary/aromatic N) is 3. The predicted octanol–water partition coefficient (Wildman–Crippen LogP) is 4.09. The Labute approximate surface area is 195 Å². The van der Waals surface area contributed by atoms with Crippen LogP contribution in [0.15, 0.2) is 88.6 Å². The minimum absolute atomic E-state index is 0.164. The zero-order chi connectivity index (χ0) is 22.9. The van der Waals surface area contributed by atoms with E-state index in [1.807, 2.05) is 71.3 Å². The zero-order valence-electron chi connectivity index (χ0n) is 17.8. The van der Waals surface area contributed by atoms with Gasteiger partial charge in [0.05, 0.1) is 12.8 Å². The predicted molar refractivity (Wildman–Crippen MR) is 125 cm³/mol.